The molecule has 1 amide bonds. The Bertz CT molecular complexity index is 475. The molecule has 1 aromatic carbocycles. The molecule has 0 radical (unpaired) electrons. The molecule has 0 saturated heterocycles. The Morgan fingerprint density at radius 1 is 1.18 bits per heavy atom. The quantitative estimate of drug-likeness (QED) is 0.736. The third-order valence-corrected chi connectivity index (χ3v) is 3.39. The van der Waals surface area contributed by atoms with Gasteiger partial charge in [0.25, 0.3) is 0 Å². The summed E-state index contributed by atoms with van der Waals surface area (Å²) in [5, 5.41) is 6.25. The maximum Gasteiger partial charge on any atom is 0.226 e. The number of hydrogen-bond donors (Lipinski definition) is 2. The molecule has 0 heterocycles. The Morgan fingerprint density at radius 3 is 2.50 bits per heavy atom. The van der Waals surface area contributed by atoms with Crippen molar-refractivity contribution in [2.24, 2.45) is 5.92 Å². The predicted octanol–water partition coefficient (Wildman–Crippen LogP) is 3.06. The summed E-state index contributed by atoms with van der Waals surface area (Å²) in [5.74, 6) is 1.91. The Morgan fingerprint density at radius 2 is 1.91 bits per heavy atom. The van der Waals surface area contributed by atoms with Crippen LogP contribution in [0.2, 0.25) is 0 Å². The zero-order chi connectivity index (χ0) is 16.5. The number of anilines is 1. The van der Waals surface area contributed by atoms with E-state index in [-0.39, 0.29) is 11.9 Å². The minimum atomic E-state index is -0.0342. The lowest BCUT2D eigenvalue weighted by atomic mass is 10.1. The molecule has 0 aliphatic heterocycles. The molecule has 0 saturated carbocycles. The summed E-state index contributed by atoms with van der Waals surface area (Å²) in [6, 6.07) is 5.47. The van der Waals surface area contributed by atoms with Crippen LogP contribution in [-0.4, -0.2) is 32.7 Å². The van der Waals surface area contributed by atoms with Gasteiger partial charge in [0.05, 0.1) is 19.9 Å². The Kier molecular flexibility index (Phi) is 7.74. The van der Waals surface area contributed by atoms with Crippen LogP contribution in [0.25, 0.3) is 0 Å². The summed E-state index contributed by atoms with van der Waals surface area (Å²) in [5.41, 5.74) is 0.655. The summed E-state index contributed by atoms with van der Waals surface area (Å²) >= 11 is 0. The molecule has 0 aromatic heterocycles. The first-order chi connectivity index (χ1) is 10.5. The molecule has 0 spiro atoms. The number of rotatable bonds is 9. The van der Waals surface area contributed by atoms with E-state index in [1.54, 1.807) is 32.4 Å². The highest BCUT2D eigenvalue weighted by Crippen LogP contribution is 2.29. The molecule has 2 N–H and O–H groups in total. The highest BCUT2D eigenvalue weighted by Gasteiger charge is 2.12. The van der Waals surface area contributed by atoms with Gasteiger partial charge in [0.2, 0.25) is 5.91 Å². The summed E-state index contributed by atoms with van der Waals surface area (Å²) in [7, 11) is 3.16. The number of amides is 1. The number of ether oxygens (including phenoxy) is 2. The highest BCUT2D eigenvalue weighted by atomic mass is 16.5. The van der Waals surface area contributed by atoms with Gasteiger partial charge in [-0.3, -0.25) is 4.79 Å². The molecule has 1 atom stereocenters. The van der Waals surface area contributed by atoms with Crippen LogP contribution in [0.15, 0.2) is 18.2 Å². The van der Waals surface area contributed by atoms with Gasteiger partial charge in [-0.2, -0.15) is 0 Å². The summed E-state index contributed by atoms with van der Waals surface area (Å²) < 4.78 is 10.4. The number of methoxy groups -OCH3 is 2. The lowest BCUT2D eigenvalue weighted by molar-refractivity contribution is -0.116. The Labute approximate surface area is 133 Å². The van der Waals surface area contributed by atoms with Gasteiger partial charge < -0.3 is 20.1 Å². The van der Waals surface area contributed by atoms with Crippen LogP contribution >= 0.6 is 0 Å². The second-order valence-corrected chi connectivity index (χ2v) is 5.86. The van der Waals surface area contributed by atoms with Gasteiger partial charge in [-0.25, -0.2) is 0 Å². The van der Waals surface area contributed by atoms with Crippen molar-refractivity contribution in [2.75, 3.05) is 26.1 Å². The second kappa shape index (κ2) is 9.30. The molecule has 22 heavy (non-hydrogen) atoms. The van der Waals surface area contributed by atoms with E-state index in [2.05, 4.69) is 24.5 Å². The van der Waals surface area contributed by atoms with E-state index in [1.165, 1.54) is 0 Å². The Balaban J connectivity index is 2.50. The van der Waals surface area contributed by atoms with Crippen molar-refractivity contribution in [2.45, 2.75) is 39.7 Å². The fourth-order valence-electron chi connectivity index (χ4n) is 2.07. The zero-order valence-corrected chi connectivity index (χ0v) is 14.2. The van der Waals surface area contributed by atoms with Gasteiger partial charge in [-0.1, -0.05) is 13.8 Å². The topological polar surface area (TPSA) is 59.6 Å². The van der Waals surface area contributed by atoms with Crippen LogP contribution in [0.1, 0.15) is 33.6 Å². The molecule has 1 rings (SSSR count). The lowest BCUT2D eigenvalue weighted by Crippen LogP contribution is -2.31. The number of benzene rings is 1. The standard InChI is InChI=1S/C17H28N2O3/c1-12(2)8-9-18-13(3)10-17(20)19-15-7-6-14(21-4)11-16(15)22-5/h6-7,11-13,18H,8-10H2,1-5H3,(H,19,20). The van der Waals surface area contributed by atoms with Gasteiger partial charge in [-0.15, -0.1) is 0 Å². The van der Waals surface area contributed by atoms with E-state index in [0.29, 0.717) is 29.5 Å². The first kappa shape index (κ1) is 18.3. The third kappa shape index (κ3) is 6.35. The molecule has 1 aromatic rings. The number of nitrogens with one attached hydrogen (secondary N) is 2. The summed E-state index contributed by atoms with van der Waals surface area (Å²) in [6.45, 7) is 7.33. The first-order valence-electron chi connectivity index (χ1n) is 7.71. The molecule has 0 aliphatic rings. The molecule has 1 unspecified atom stereocenters. The van der Waals surface area contributed by atoms with Crippen molar-refractivity contribution in [3.05, 3.63) is 18.2 Å². The maximum absolute atomic E-state index is 12.1. The average molecular weight is 308 g/mol. The summed E-state index contributed by atoms with van der Waals surface area (Å²) in [4.78, 5) is 12.1. The second-order valence-electron chi connectivity index (χ2n) is 5.86. The van der Waals surface area contributed by atoms with Crippen LogP contribution in [-0.2, 0) is 4.79 Å². The maximum atomic E-state index is 12.1. The first-order valence-corrected chi connectivity index (χ1v) is 7.71. The fraction of sp³-hybridized carbons (Fsp3) is 0.588. The molecule has 5 nitrogen and oxygen atoms in total. The average Bonchev–Trinajstić information content (AvgIpc) is 2.47. The van der Waals surface area contributed by atoms with Crippen molar-refractivity contribution in [3.8, 4) is 11.5 Å². The number of hydrogen-bond acceptors (Lipinski definition) is 4. The van der Waals surface area contributed by atoms with Crippen molar-refractivity contribution in [3.63, 3.8) is 0 Å². The third-order valence-electron chi connectivity index (χ3n) is 3.39. The van der Waals surface area contributed by atoms with Crippen molar-refractivity contribution < 1.29 is 14.3 Å². The molecule has 0 fully saturated rings. The van der Waals surface area contributed by atoms with Crippen LogP contribution in [0, 0.1) is 5.92 Å². The van der Waals surface area contributed by atoms with Crippen molar-refractivity contribution >= 4 is 11.6 Å². The molecule has 0 aliphatic carbocycles. The van der Waals surface area contributed by atoms with Gasteiger partial charge in [0, 0.05) is 18.5 Å². The van der Waals surface area contributed by atoms with E-state index >= 15 is 0 Å². The van der Waals surface area contributed by atoms with Gasteiger partial charge in [0.1, 0.15) is 11.5 Å². The normalized spacial score (nSPS) is 12.1. The zero-order valence-electron chi connectivity index (χ0n) is 14.2. The predicted molar refractivity (Wildman–Crippen MR) is 89.7 cm³/mol. The van der Waals surface area contributed by atoms with Crippen molar-refractivity contribution in [1.29, 1.82) is 0 Å². The van der Waals surface area contributed by atoms with Gasteiger partial charge >= 0.3 is 0 Å². The van der Waals surface area contributed by atoms with E-state index < -0.39 is 0 Å². The van der Waals surface area contributed by atoms with Gasteiger partial charge in [0.15, 0.2) is 0 Å². The highest BCUT2D eigenvalue weighted by molar-refractivity contribution is 5.92. The van der Waals surface area contributed by atoms with E-state index in [4.69, 9.17) is 9.47 Å². The SMILES string of the molecule is COc1ccc(NC(=O)CC(C)NCCC(C)C)c(OC)c1. The molecular formula is C17H28N2O3. The van der Waals surface area contributed by atoms with Crippen molar-refractivity contribution in [1.82, 2.24) is 5.32 Å². The van der Waals surface area contributed by atoms with Crippen LogP contribution < -0.4 is 20.1 Å². The largest absolute Gasteiger partial charge is 0.497 e. The van der Waals surface area contributed by atoms with Crippen LogP contribution in [0.3, 0.4) is 0 Å². The smallest absolute Gasteiger partial charge is 0.226 e. The molecule has 124 valence electrons. The minimum absolute atomic E-state index is 0.0342. The van der Waals surface area contributed by atoms with E-state index in [1.807, 2.05) is 6.92 Å². The molecule has 0 bridgehead atoms. The molecule has 5 heteroatoms. The summed E-state index contributed by atoms with van der Waals surface area (Å²) in [6.07, 6.45) is 1.53. The minimum Gasteiger partial charge on any atom is -0.497 e. The molecular weight excluding hydrogens is 280 g/mol. The van der Waals surface area contributed by atoms with Crippen LogP contribution in [0.4, 0.5) is 5.69 Å². The number of carbonyl (C=O) groups excluding carboxylic acids is 1. The lowest BCUT2D eigenvalue weighted by Gasteiger charge is -2.16. The Hall–Kier alpha value is -1.75. The van der Waals surface area contributed by atoms with Crippen LogP contribution in [0.5, 0.6) is 11.5 Å². The monoisotopic (exact) mass is 308 g/mol. The van der Waals surface area contributed by atoms with Gasteiger partial charge in [-0.05, 0) is 37.9 Å². The number of carbonyl (C=O) groups is 1. The van der Waals surface area contributed by atoms with E-state index in [0.717, 1.165) is 13.0 Å². The fourth-order valence-corrected chi connectivity index (χ4v) is 2.07. The van der Waals surface area contributed by atoms with E-state index in [9.17, 15) is 4.79 Å².